The summed E-state index contributed by atoms with van der Waals surface area (Å²) in [5.41, 5.74) is 1.01. The third kappa shape index (κ3) is 5.20. The van der Waals surface area contributed by atoms with Crippen molar-refractivity contribution in [1.82, 2.24) is 4.90 Å². The number of esters is 1. The molecule has 0 aromatic heterocycles. The van der Waals surface area contributed by atoms with Gasteiger partial charge in [0.1, 0.15) is 5.41 Å². The number of hydrogen-bond donors (Lipinski definition) is 1. The Bertz CT molecular complexity index is 763. The Kier molecular flexibility index (Phi) is 7.76. The van der Waals surface area contributed by atoms with Crippen LogP contribution in [0.5, 0.6) is 0 Å². The van der Waals surface area contributed by atoms with Crippen molar-refractivity contribution in [3.05, 3.63) is 71.8 Å². The minimum absolute atomic E-state index is 0.0800. The van der Waals surface area contributed by atoms with E-state index < -0.39 is 11.4 Å². The second-order valence-corrected chi connectivity index (χ2v) is 7.21. The van der Waals surface area contributed by atoms with E-state index in [-0.39, 0.29) is 18.4 Å². The van der Waals surface area contributed by atoms with Crippen LogP contribution in [-0.2, 0) is 26.2 Å². The molecule has 0 heterocycles. The molecular formula is C23H29NO4. The van der Waals surface area contributed by atoms with E-state index in [0.29, 0.717) is 19.6 Å². The minimum Gasteiger partial charge on any atom is -0.480 e. The first-order valence-corrected chi connectivity index (χ1v) is 9.57. The zero-order valence-electron chi connectivity index (χ0n) is 16.8. The number of hydrogen-bond acceptors (Lipinski definition) is 4. The number of ether oxygens (including phenoxy) is 1. The van der Waals surface area contributed by atoms with Crippen LogP contribution in [0, 0.1) is 5.92 Å². The molecule has 2 atom stereocenters. The van der Waals surface area contributed by atoms with E-state index in [4.69, 9.17) is 9.84 Å². The number of aliphatic carboxylic acids is 1. The van der Waals surface area contributed by atoms with E-state index in [1.165, 1.54) is 0 Å². The van der Waals surface area contributed by atoms with Crippen molar-refractivity contribution in [2.75, 3.05) is 26.7 Å². The van der Waals surface area contributed by atoms with Gasteiger partial charge in [0.15, 0.2) is 0 Å². The molecule has 5 heteroatoms. The van der Waals surface area contributed by atoms with Crippen molar-refractivity contribution in [2.24, 2.45) is 5.92 Å². The molecule has 0 radical (unpaired) electrons. The molecule has 150 valence electrons. The molecule has 2 rings (SSSR count). The van der Waals surface area contributed by atoms with Crippen LogP contribution in [0.15, 0.2) is 60.7 Å². The van der Waals surface area contributed by atoms with Crippen molar-refractivity contribution >= 4 is 11.9 Å². The van der Waals surface area contributed by atoms with Gasteiger partial charge in [-0.1, -0.05) is 67.6 Å². The number of rotatable bonds is 10. The van der Waals surface area contributed by atoms with Gasteiger partial charge >= 0.3 is 11.9 Å². The number of carboxylic acid groups (broad SMARTS) is 1. The molecule has 0 saturated carbocycles. The van der Waals surface area contributed by atoms with Crippen LogP contribution in [0.4, 0.5) is 0 Å². The molecule has 5 nitrogen and oxygen atoms in total. The summed E-state index contributed by atoms with van der Waals surface area (Å²) in [6, 6.07) is 19.5. The predicted octanol–water partition coefficient (Wildman–Crippen LogP) is 3.38. The van der Waals surface area contributed by atoms with Crippen molar-refractivity contribution in [3.8, 4) is 0 Å². The summed E-state index contributed by atoms with van der Waals surface area (Å²) >= 11 is 0. The highest BCUT2D eigenvalue weighted by molar-refractivity contribution is 5.84. The van der Waals surface area contributed by atoms with E-state index in [1.54, 1.807) is 18.9 Å². The van der Waals surface area contributed by atoms with E-state index in [9.17, 15) is 9.59 Å². The second kappa shape index (κ2) is 10.0. The molecule has 0 bridgehead atoms. The van der Waals surface area contributed by atoms with Gasteiger partial charge in [-0.15, -0.1) is 0 Å². The standard InChI is InChI=1S/C23H29NO4/c1-4-28-22(27)23(20-13-9-6-10-14-20,15-19-11-7-5-8-12-19)18(2)16-24(3)17-21(25)26/h5-14,18H,4,15-17H2,1-3H3,(H,25,26)/t18-,23-/m0/s1. The number of likely N-dealkylation sites (N-methyl/N-ethyl adjacent to an activating group) is 1. The van der Waals surface area contributed by atoms with Gasteiger partial charge in [0.2, 0.25) is 0 Å². The molecular weight excluding hydrogens is 354 g/mol. The highest BCUT2D eigenvalue weighted by Crippen LogP contribution is 2.38. The number of carbonyl (C=O) groups excluding carboxylic acids is 1. The zero-order valence-corrected chi connectivity index (χ0v) is 16.8. The summed E-state index contributed by atoms with van der Waals surface area (Å²) in [4.78, 5) is 26.2. The molecule has 0 unspecified atom stereocenters. The molecule has 0 aliphatic heterocycles. The first-order valence-electron chi connectivity index (χ1n) is 9.57. The Hall–Kier alpha value is -2.66. The Labute approximate surface area is 166 Å². The Morgan fingerprint density at radius 3 is 2.18 bits per heavy atom. The average molecular weight is 383 g/mol. The minimum atomic E-state index is -0.911. The van der Waals surface area contributed by atoms with E-state index >= 15 is 0 Å². The summed E-state index contributed by atoms with van der Waals surface area (Å²) in [6.07, 6.45) is 0.485. The average Bonchev–Trinajstić information content (AvgIpc) is 2.67. The molecule has 2 aromatic rings. The van der Waals surface area contributed by atoms with Gasteiger partial charge in [-0.2, -0.15) is 0 Å². The summed E-state index contributed by atoms with van der Waals surface area (Å²) < 4.78 is 5.54. The fourth-order valence-corrected chi connectivity index (χ4v) is 3.78. The summed E-state index contributed by atoms with van der Waals surface area (Å²) in [7, 11) is 1.76. The van der Waals surface area contributed by atoms with Gasteiger partial charge in [0.25, 0.3) is 0 Å². The van der Waals surface area contributed by atoms with Gasteiger partial charge in [0.05, 0.1) is 13.2 Å². The smallest absolute Gasteiger partial charge is 0.317 e. The maximum atomic E-state index is 13.4. The van der Waals surface area contributed by atoms with Gasteiger partial charge < -0.3 is 9.84 Å². The topological polar surface area (TPSA) is 66.8 Å². The number of carboxylic acids is 1. The maximum Gasteiger partial charge on any atom is 0.317 e. The molecule has 0 spiro atoms. The lowest BCUT2D eigenvalue weighted by atomic mass is 9.67. The normalized spacial score (nSPS) is 14.3. The number of nitrogens with zero attached hydrogens (tertiary/aromatic N) is 1. The fourth-order valence-electron chi connectivity index (χ4n) is 3.78. The number of carbonyl (C=O) groups is 2. The highest BCUT2D eigenvalue weighted by atomic mass is 16.5. The van der Waals surface area contributed by atoms with Gasteiger partial charge in [-0.25, -0.2) is 0 Å². The van der Waals surface area contributed by atoms with Gasteiger partial charge in [0, 0.05) is 6.54 Å². The van der Waals surface area contributed by atoms with E-state index in [0.717, 1.165) is 11.1 Å². The molecule has 28 heavy (non-hydrogen) atoms. The monoisotopic (exact) mass is 383 g/mol. The van der Waals surface area contributed by atoms with Gasteiger partial charge in [-0.3, -0.25) is 14.5 Å². The molecule has 1 N–H and O–H groups in total. The predicted molar refractivity (Wildman–Crippen MR) is 109 cm³/mol. The second-order valence-electron chi connectivity index (χ2n) is 7.21. The van der Waals surface area contributed by atoms with E-state index in [1.807, 2.05) is 67.6 Å². The summed E-state index contributed by atoms with van der Waals surface area (Å²) in [5.74, 6) is -1.33. The lowest BCUT2D eigenvalue weighted by Gasteiger charge is -2.39. The van der Waals surface area contributed by atoms with Crippen LogP contribution in [0.3, 0.4) is 0 Å². The molecule has 0 aliphatic carbocycles. The van der Waals surface area contributed by atoms with Crippen LogP contribution in [0.25, 0.3) is 0 Å². The van der Waals surface area contributed by atoms with Crippen molar-refractivity contribution in [1.29, 1.82) is 0 Å². The van der Waals surface area contributed by atoms with Crippen LogP contribution in [0.1, 0.15) is 25.0 Å². The van der Waals surface area contributed by atoms with Crippen molar-refractivity contribution in [3.63, 3.8) is 0 Å². The molecule has 0 aliphatic rings. The third-order valence-corrected chi connectivity index (χ3v) is 5.09. The first-order chi connectivity index (χ1) is 13.4. The highest BCUT2D eigenvalue weighted by Gasteiger charge is 2.46. The first kappa shape index (κ1) is 21.6. The van der Waals surface area contributed by atoms with E-state index in [2.05, 4.69) is 0 Å². The molecule has 0 fully saturated rings. The van der Waals surface area contributed by atoms with Crippen LogP contribution in [0.2, 0.25) is 0 Å². The lowest BCUT2D eigenvalue weighted by Crippen LogP contribution is -2.49. The Morgan fingerprint density at radius 1 is 1.07 bits per heavy atom. The van der Waals surface area contributed by atoms with Crippen LogP contribution in [-0.4, -0.2) is 48.7 Å². The van der Waals surface area contributed by atoms with Crippen molar-refractivity contribution < 1.29 is 19.4 Å². The Morgan fingerprint density at radius 2 is 1.64 bits per heavy atom. The third-order valence-electron chi connectivity index (χ3n) is 5.09. The zero-order chi connectivity index (χ0) is 20.6. The lowest BCUT2D eigenvalue weighted by molar-refractivity contribution is -0.153. The molecule has 2 aromatic carbocycles. The number of benzene rings is 2. The van der Waals surface area contributed by atoms with Gasteiger partial charge in [-0.05, 0) is 37.4 Å². The Balaban J connectivity index is 2.52. The largest absolute Gasteiger partial charge is 0.480 e. The molecule has 0 amide bonds. The SMILES string of the molecule is CCOC(=O)[C@](Cc1ccccc1)(c1ccccc1)[C@@H](C)CN(C)CC(=O)O. The fraction of sp³-hybridized carbons (Fsp3) is 0.391. The summed E-state index contributed by atoms with van der Waals surface area (Å²) in [5, 5.41) is 9.11. The van der Waals surface area contributed by atoms with Crippen molar-refractivity contribution in [2.45, 2.75) is 25.7 Å². The van der Waals surface area contributed by atoms with Crippen LogP contribution >= 0.6 is 0 Å². The van der Waals surface area contributed by atoms with Crippen LogP contribution < -0.4 is 0 Å². The quantitative estimate of drug-likeness (QED) is 0.637. The maximum absolute atomic E-state index is 13.4. The molecule has 0 saturated heterocycles. The summed E-state index contributed by atoms with van der Waals surface area (Å²) in [6.45, 7) is 4.46.